The van der Waals surface area contributed by atoms with Gasteiger partial charge in [-0.25, -0.2) is 9.79 Å². The second-order valence-corrected chi connectivity index (χ2v) is 9.05. The number of hydrogen-bond donors (Lipinski definition) is 1. The number of amides is 1. The molecule has 1 amide bonds. The molecule has 2 aromatic carbocycles. The molecule has 2 aliphatic rings. The Bertz CT molecular complexity index is 1240. The number of thioether (sulfide) groups is 1. The first-order chi connectivity index (χ1) is 16.1. The van der Waals surface area contributed by atoms with E-state index in [1.165, 1.54) is 11.8 Å². The lowest BCUT2D eigenvalue weighted by molar-refractivity contribution is -0.123. The Morgan fingerprint density at radius 2 is 1.76 bits per heavy atom. The number of para-hydroxylation sites is 1. The van der Waals surface area contributed by atoms with Crippen molar-refractivity contribution in [2.45, 2.75) is 31.7 Å². The van der Waals surface area contributed by atoms with E-state index >= 15 is 0 Å². The molecule has 2 heterocycles. The lowest BCUT2D eigenvalue weighted by Crippen LogP contribution is -2.37. The highest BCUT2D eigenvalue weighted by Gasteiger charge is 2.39. The van der Waals surface area contributed by atoms with Crippen molar-refractivity contribution in [3.8, 4) is 11.3 Å². The molecule has 33 heavy (non-hydrogen) atoms. The predicted octanol–water partition coefficient (Wildman–Crippen LogP) is 6.19. The van der Waals surface area contributed by atoms with Crippen LogP contribution in [0, 0.1) is 0 Å². The van der Waals surface area contributed by atoms with E-state index in [9.17, 15) is 9.59 Å². The number of nitrogens with zero attached hydrogens (tertiary/aromatic N) is 2. The van der Waals surface area contributed by atoms with Gasteiger partial charge in [0.2, 0.25) is 0 Å². The van der Waals surface area contributed by atoms with Gasteiger partial charge >= 0.3 is 5.97 Å². The van der Waals surface area contributed by atoms with Crippen molar-refractivity contribution in [1.82, 2.24) is 4.90 Å². The summed E-state index contributed by atoms with van der Waals surface area (Å²) < 4.78 is 5.95. The van der Waals surface area contributed by atoms with Gasteiger partial charge in [-0.15, -0.1) is 0 Å². The molecule has 7 heteroatoms. The average Bonchev–Trinajstić information content (AvgIpc) is 3.57. The number of carbonyl (C=O) groups is 2. The Kier molecular flexibility index (Phi) is 5.88. The van der Waals surface area contributed by atoms with E-state index < -0.39 is 5.97 Å². The summed E-state index contributed by atoms with van der Waals surface area (Å²) in [5.74, 6) is 0.170. The fraction of sp³-hybridized carbons (Fsp3) is 0.192. The summed E-state index contributed by atoms with van der Waals surface area (Å²) in [5, 5.41) is 9.78. The zero-order valence-electron chi connectivity index (χ0n) is 17.8. The van der Waals surface area contributed by atoms with Crippen molar-refractivity contribution in [2.24, 2.45) is 4.99 Å². The molecule has 1 aromatic heterocycles. The fourth-order valence-electron chi connectivity index (χ4n) is 4.15. The maximum absolute atomic E-state index is 13.3. The minimum atomic E-state index is -0.969. The highest BCUT2D eigenvalue weighted by atomic mass is 32.2. The van der Waals surface area contributed by atoms with Gasteiger partial charge in [-0.3, -0.25) is 9.69 Å². The predicted molar refractivity (Wildman–Crippen MR) is 129 cm³/mol. The van der Waals surface area contributed by atoms with Crippen molar-refractivity contribution in [3.05, 3.63) is 83.0 Å². The standard InChI is InChI=1S/C26H22N2O4S/c29-24-23(16-21-14-15-22(32-21)17-10-12-18(13-11-17)25(30)31)33-26(27-19-6-2-1-3-7-19)28(24)20-8-4-5-9-20/h1-3,6-7,10-16,20H,4-5,8-9H2,(H,30,31)/b23-16-,27-26?. The molecule has 1 saturated carbocycles. The molecule has 0 spiro atoms. The third kappa shape index (κ3) is 4.50. The van der Waals surface area contributed by atoms with Crippen LogP contribution in [-0.2, 0) is 4.79 Å². The zero-order chi connectivity index (χ0) is 22.8. The number of aliphatic imine (C=N–C) groups is 1. The molecular weight excluding hydrogens is 436 g/mol. The van der Waals surface area contributed by atoms with Crippen LogP contribution >= 0.6 is 11.8 Å². The summed E-state index contributed by atoms with van der Waals surface area (Å²) in [4.78, 5) is 31.6. The molecule has 1 aliphatic heterocycles. The summed E-state index contributed by atoms with van der Waals surface area (Å²) in [6, 6.07) is 20.0. The molecule has 2 fully saturated rings. The Morgan fingerprint density at radius 1 is 1.03 bits per heavy atom. The molecule has 0 bridgehead atoms. The van der Waals surface area contributed by atoms with Gasteiger partial charge < -0.3 is 9.52 Å². The summed E-state index contributed by atoms with van der Waals surface area (Å²) in [5.41, 5.74) is 1.81. The first kappa shape index (κ1) is 21.3. The van der Waals surface area contributed by atoms with Crippen LogP contribution < -0.4 is 0 Å². The lowest BCUT2D eigenvalue weighted by atomic mass is 10.1. The van der Waals surface area contributed by atoms with Crippen molar-refractivity contribution in [1.29, 1.82) is 0 Å². The van der Waals surface area contributed by atoms with Gasteiger partial charge in [0.15, 0.2) is 5.17 Å². The number of furan rings is 1. The number of carboxylic acid groups (broad SMARTS) is 1. The minimum absolute atomic E-state index is 0.0367. The summed E-state index contributed by atoms with van der Waals surface area (Å²) in [6.45, 7) is 0. The number of carbonyl (C=O) groups excluding carboxylic acids is 1. The molecule has 0 atom stereocenters. The van der Waals surface area contributed by atoms with Crippen molar-refractivity contribution >= 4 is 40.6 Å². The van der Waals surface area contributed by atoms with E-state index in [0.29, 0.717) is 21.6 Å². The minimum Gasteiger partial charge on any atom is -0.478 e. The Hall–Kier alpha value is -3.58. The monoisotopic (exact) mass is 458 g/mol. The number of aromatic carboxylic acids is 1. The van der Waals surface area contributed by atoms with E-state index in [1.807, 2.05) is 47.4 Å². The molecule has 5 rings (SSSR count). The second-order valence-electron chi connectivity index (χ2n) is 8.04. The SMILES string of the molecule is O=C(O)c1ccc(-c2ccc(/C=C3\SC(=Nc4ccccc4)N(C4CCCC4)C3=O)o2)cc1. The molecule has 1 aliphatic carbocycles. The molecule has 0 unspecified atom stereocenters. The van der Waals surface area contributed by atoms with E-state index in [1.54, 1.807) is 30.3 Å². The van der Waals surface area contributed by atoms with Gasteiger partial charge in [0.05, 0.1) is 16.2 Å². The summed E-state index contributed by atoms with van der Waals surface area (Å²) >= 11 is 1.38. The van der Waals surface area contributed by atoms with Crippen molar-refractivity contribution in [3.63, 3.8) is 0 Å². The van der Waals surface area contributed by atoms with Crippen molar-refractivity contribution < 1.29 is 19.1 Å². The number of carboxylic acids is 1. The first-order valence-corrected chi connectivity index (χ1v) is 11.7. The highest BCUT2D eigenvalue weighted by Crippen LogP contribution is 2.39. The first-order valence-electron chi connectivity index (χ1n) is 10.9. The lowest BCUT2D eigenvalue weighted by Gasteiger charge is -2.22. The Morgan fingerprint density at radius 3 is 2.45 bits per heavy atom. The average molecular weight is 459 g/mol. The van der Waals surface area contributed by atoms with Gasteiger partial charge in [-0.05, 0) is 61.0 Å². The van der Waals surface area contributed by atoms with Crippen LogP contribution in [0.1, 0.15) is 41.8 Å². The number of hydrogen-bond acceptors (Lipinski definition) is 5. The third-order valence-corrected chi connectivity index (χ3v) is 6.81. The number of rotatable bonds is 5. The van der Waals surface area contributed by atoms with Crippen LogP contribution in [0.2, 0.25) is 0 Å². The van der Waals surface area contributed by atoms with Gasteiger partial charge in [0.25, 0.3) is 5.91 Å². The van der Waals surface area contributed by atoms with Gasteiger partial charge in [0, 0.05) is 17.7 Å². The third-order valence-electron chi connectivity index (χ3n) is 5.82. The largest absolute Gasteiger partial charge is 0.478 e. The fourth-order valence-corrected chi connectivity index (χ4v) is 5.19. The maximum atomic E-state index is 13.3. The molecule has 1 N–H and O–H groups in total. The molecule has 6 nitrogen and oxygen atoms in total. The van der Waals surface area contributed by atoms with E-state index in [-0.39, 0.29) is 17.5 Å². The summed E-state index contributed by atoms with van der Waals surface area (Å²) in [6.07, 6.45) is 5.99. The van der Waals surface area contributed by atoms with Crippen LogP contribution in [0.5, 0.6) is 0 Å². The van der Waals surface area contributed by atoms with Crippen molar-refractivity contribution in [2.75, 3.05) is 0 Å². The maximum Gasteiger partial charge on any atom is 0.335 e. The van der Waals surface area contributed by atoms with E-state index in [0.717, 1.165) is 36.9 Å². The quantitative estimate of drug-likeness (QED) is 0.461. The highest BCUT2D eigenvalue weighted by molar-refractivity contribution is 8.18. The zero-order valence-corrected chi connectivity index (χ0v) is 18.6. The number of amidine groups is 1. The molecule has 166 valence electrons. The van der Waals surface area contributed by atoms with Crippen LogP contribution in [0.4, 0.5) is 5.69 Å². The van der Waals surface area contributed by atoms with Crippen LogP contribution in [0.15, 0.2) is 81.0 Å². The Balaban J connectivity index is 1.43. The van der Waals surface area contributed by atoms with Gasteiger partial charge in [-0.1, -0.05) is 43.2 Å². The molecule has 1 saturated heterocycles. The van der Waals surface area contributed by atoms with Crippen LogP contribution in [0.25, 0.3) is 17.4 Å². The van der Waals surface area contributed by atoms with E-state index in [4.69, 9.17) is 14.5 Å². The van der Waals surface area contributed by atoms with Gasteiger partial charge in [0.1, 0.15) is 11.5 Å². The summed E-state index contributed by atoms with van der Waals surface area (Å²) in [7, 11) is 0. The topological polar surface area (TPSA) is 83.1 Å². The molecule has 3 aromatic rings. The van der Waals surface area contributed by atoms with Crippen LogP contribution in [0.3, 0.4) is 0 Å². The molecular formula is C26H22N2O4S. The normalized spacial score (nSPS) is 19.2. The molecule has 0 radical (unpaired) electrons. The smallest absolute Gasteiger partial charge is 0.335 e. The Labute approximate surface area is 195 Å². The number of benzene rings is 2. The van der Waals surface area contributed by atoms with Gasteiger partial charge in [-0.2, -0.15) is 0 Å². The second kappa shape index (κ2) is 9.11. The van der Waals surface area contributed by atoms with E-state index in [2.05, 4.69) is 0 Å². The van der Waals surface area contributed by atoms with Crippen LogP contribution in [-0.4, -0.2) is 33.1 Å².